The van der Waals surface area contributed by atoms with Gasteiger partial charge in [0.25, 0.3) is 0 Å². The Morgan fingerprint density at radius 3 is 2.24 bits per heavy atom. The highest BCUT2D eigenvalue weighted by molar-refractivity contribution is 5.85. The third-order valence-corrected chi connectivity index (χ3v) is 3.70. The minimum Gasteiger partial charge on any atom is -0.353 e. The number of amides is 1. The van der Waals surface area contributed by atoms with E-state index in [1.807, 2.05) is 6.92 Å². The Kier molecular flexibility index (Phi) is 6.49. The highest BCUT2D eigenvalue weighted by atomic mass is 35.5. The van der Waals surface area contributed by atoms with Gasteiger partial charge in [-0.25, -0.2) is 0 Å². The van der Waals surface area contributed by atoms with Crippen molar-refractivity contribution in [1.29, 1.82) is 0 Å². The maximum atomic E-state index is 12.1. The number of carbonyl (C=O) groups excluding carboxylic acids is 1. The highest BCUT2D eigenvalue weighted by Crippen LogP contribution is 2.23. The minimum absolute atomic E-state index is 0. The van der Waals surface area contributed by atoms with Crippen molar-refractivity contribution in [3.63, 3.8) is 0 Å². The SMILES string of the molecule is CCC(NC(=O)C(C)C1CNC1)C(C)(C)C.Cl. The molecule has 0 bridgehead atoms. The van der Waals surface area contributed by atoms with Gasteiger partial charge in [-0.2, -0.15) is 0 Å². The first-order valence-corrected chi connectivity index (χ1v) is 6.37. The predicted molar refractivity (Wildman–Crippen MR) is 74.4 cm³/mol. The Bertz CT molecular complexity index is 246. The zero-order valence-electron chi connectivity index (χ0n) is 11.7. The fraction of sp³-hybridized carbons (Fsp3) is 0.923. The van der Waals surface area contributed by atoms with E-state index in [1.165, 1.54) is 0 Å². The van der Waals surface area contributed by atoms with Crippen molar-refractivity contribution in [2.24, 2.45) is 17.3 Å². The van der Waals surface area contributed by atoms with Crippen LogP contribution >= 0.6 is 12.4 Å². The summed E-state index contributed by atoms with van der Waals surface area (Å²) >= 11 is 0. The van der Waals surface area contributed by atoms with Crippen molar-refractivity contribution >= 4 is 18.3 Å². The summed E-state index contributed by atoms with van der Waals surface area (Å²) in [4.78, 5) is 12.1. The van der Waals surface area contributed by atoms with Crippen molar-refractivity contribution in [3.8, 4) is 0 Å². The van der Waals surface area contributed by atoms with E-state index in [-0.39, 0.29) is 35.7 Å². The lowest BCUT2D eigenvalue weighted by Crippen LogP contribution is -2.52. The molecule has 1 amide bonds. The second kappa shape index (κ2) is 6.60. The fourth-order valence-electron chi connectivity index (χ4n) is 2.11. The zero-order chi connectivity index (χ0) is 12.3. The van der Waals surface area contributed by atoms with E-state index in [2.05, 4.69) is 38.3 Å². The van der Waals surface area contributed by atoms with Crippen LogP contribution in [0.25, 0.3) is 0 Å². The Balaban J connectivity index is 0.00000256. The van der Waals surface area contributed by atoms with Gasteiger partial charge in [0.15, 0.2) is 0 Å². The molecule has 17 heavy (non-hydrogen) atoms. The molecule has 3 nitrogen and oxygen atoms in total. The molecule has 0 saturated carbocycles. The molecule has 1 heterocycles. The van der Waals surface area contributed by atoms with E-state index < -0.39 is 0 Å². The second-order valence-corrected chi connectivity index (χ2v) is 6.04. The number of nitrogens with one attached hydrogen (secondary N) is 2. The number of hydrogen-bond acceptors (Lipinski definition) is 2. The summed E-state index contributed by atoms with van der Waals surface area (Å²) in [5.74, 6) is 0.878. The number of carbonyl (C=O) groups is 1. The molecule has 102 valence electrons. The zero-order valence-corrected chi connectivity index (χ0v) is 12.5. The molecule has 0 aromatic carbocycles. The highest BCUT2D eigenvalue weighted by Gasteiger charge is 2.31. The first kappa shape index (κ1) is 16.7. The fourth-order valence-corrected chi connectivity index (χ4v) is 2.11. The van der Waals surface area contributed by atoms with Crippen LogP contribution in [-0.2, 0) is 4.79 Å². The van der Waals surface area contributed by atoms with Crippen molar-refractivity contribution in [1.82, 2.24) is 10.6 Å². The summed E-state index contributed by atoms with van der Waals surface area (Å²) in [6.45, 7) is 12.7. The molecule has 2 atom stereocenters. The number of rotatable bonds is 4. The standard InChI is InChI=1S/C13H26N2O.ClH/c1-6-11(13(3,4)5)15-12(16)9(2)10-7-14-8-10;/h9-11,14H,6-8H2,1-5H3,(H,15,16);1H. The molecule has 0 aliphatic carbocycles. The van der Waals surface area contributed by atoms with Crippen LogP contribution < -0.4 is 10.6 Å². The van der Waals surface area contributed by atoms with Crippen LogP contribution in [-0.4, -0.2) is 25.0 Å². The van der Waals surface area contributed by atoms with Crippen LogP contribution in [0.15, 0.2) is 0 Å². The van der Waals surface area contributed by atoms with Crippen molar-refractivity contribution < 1.29 is 4.79 Å². The maximum Gasteiger partial charge on any atom is 0.223 e. The third kappa shape index (κ3) is 4.47. The molecule has 4 heteroatoms. The lowest BCUT2D eigenvalue weighted by molar-refractivity contribution is -0.128. The third-order valence-electron chi connectivity index (χ3n) is 3.70. The number of halogens is 1. The van der Waals surface area contributed by atoms with E-state index in [1.54, 1.807) is 0 Å². The average molecular weight is 263 g/mol. The molecule has 2 N–H and O–H groups in total. The number of hydrogen-bond donors (Lipinski definition) is 2. The van der Waals surface area contributed by atoms with Crippen LogP contribution in [0, 0.1) is 17.3 Å². The molecule has 0 radical (unpaired) electrons. The largest absolute Gasteiger partial charge is 0.353 e. The molecular weight excluding hydrogens is 236 g/mol. The van der Waals surface area contributed by atoms with E-state index in [0.717, 1.165) is 19.5 Å². The predicted octanol–water partition coefficient (Wildman–Crippen LogP) is 2.20. The Morgan fingerprint density at radius 2 is 1.94 bits per heavy atom. The first-order chi connectivity index (χ1) is 7.36. The monoisotopic (exact) mass is 262 g/mol. The summed E-state index contributed by atoms with van der Waals surface area (Å²) in [5, 5.41) is 6.40. The summed E-state index contributed by atoms with van der Waals surface area (Å²) in [6.07, 6.45) is 0.991. The Hall–Kier alpha value is -0.280. The maximum absolute atomic E-state index is 12.1. The average Bonchev–Trinajstić information content (AvgIpc) is 2.08. The van der Waals surface area contributed by atoms with Crippen LogP contribution in [0.2, 0.25) is 0 Å². The molecule has 0 aromatic heterocycles. The van der Waals surface area contributed by atoms with Gasteiger partial charge in [0.1, 0.15) is 0 Å². The van der Waals surface area contributed by atoms with Gasteiger partial charge in [-0.15, -0.1) is 12.4 Å². The molecule has 1 aliphatic rings. The second-order valence-electron chi connectivity index (χ2n) is 6.04. The van der Waals surface area contributed by atoms with E-state index >= 15 is 0 Å². The molecular formula is C13H27ClN2O. The Labute approximate surface area is 112 Å². The van der Waals surface area contributed by atoms with Crippen LogP contribution in [0.1, 0.15) is 41.0 Å². The summed E-state index contributed by atoms with van der Waals surface area (Å²) < 4.78 is 0. The molecule has 2 unspecified atom stereocenters. The molecule has 1 fully saturated rings. The Morgan fingerprint density at radius 1 is 1.41 bits per heavy atom. The quantitative estimate of drug-likeness (QED) is 0.816. The normalized spacial score (nSPS) is 19.8. The van der Waals surface area contributed by atoms with Gasteiger partial charge in [0, 0.05) is 12.0 Å². The van der Waals surface area contributed by atoms with E-state index in [4.69, 9.17) is 0 Å². The van der Waals surface area contributed by atoms with Gasteiger partial charge in [0.05, 0.1) is 0 Å². The van der Waals surface area contributed by atoms with Gasteiger partial charge >= 0.3 is 0 Å². The van der Waals surface area contributed by atoms with Crippen molar-refractivity contribution in [2.45, 2.75) is 47.1 Å². The molecule has 1 saturated heterocycles. The van der Waals surface area contributed by atoms with E-state index in [9.17, 15) is 4.79 Å². The summed E-state index contributed by atoms with van der Waals surface area (Å²) in [7, 11) is 0. The van der Waals surface area contributed by atoms with Gasteiger partial charge in [-0.1, -0.05) is 34.6 Å². The van der Waals surface area contributed by atoms with Gasteiger partial charge in [-0.05, 0) is 30.8 Å². The smallest absolute Gasteiger partial charge is 0.223 e. The summed E-state index contributed by atoms with van der Waals surface area (Å²) in [5.41, 5.74) is 0.141. The molecule has 1 rings (SSSR count). The van der Waals surface area contributed by atoms with Gasteiger partial charge < -0.3 is 10.6 Å². The molecule has 0 aromatic rings. The van der Waals surface area contributed by atoms with Crippen molar-refractivity contribution in [3.05, 3.63) is 0 Å². The minimum atomic E-state index is 0. The van der Waals surface area contributed by atoms with Gasteiger partial charge in [-0.3, -0.25) is 4.79 Å². The lowest BCUT2D eigenvalue weighted by atomic mass is 9.83. The molecule has 0 spiro atoms. The van der Waals surface area contributed by atoms with E-state index in [0.29, 0.717) is 5.92 Å². The van der Waals surface area contributed by atoms with Crippen LogP contribution in [0.5, 0.6) is 0 Å². The van der Waals surface area contributed by atoms with Crippen molar-refractivity contribution in [2.75, 3.05) is 13.1 Å². The van der Waals surface area contributed by atoms with Crippen LogP contribution in [0.3, 0.4) is 0 Å². The van der Waals surface area contributed by atoms with Gasteiger partial charge in [0.2, 0.25) is 5.91 Å². The first-order valence-electron chi connectivity index (χ1n) is 6.37. The van der Waals surface area contributed by atoms with Crippen LogP contribution in [0.4, 0.5) is 0 Å². The molecule has 1 aliphatic heterocycles. The lowest BCUT2D eigenvalue weighted by Gasteiger charge is -2.35. The topological polar surface area (TPSA) is 41.1 Å². The summed E-state index contributed by atoms with van der Waals surface area (Å²) in [6, 6.07) is 0.274.